The van der Waals surface area contributed by atoms with E-state index in [1.165, 1.54) is 6.07 Å². The van der Waals surface area contributed by atoms with Crippen LogP contribution >= 0.6 is 0 Å². The third kappa shape index (κ3) is 5.87. The molecule has 0 saturated heterocycles. The molecule has 1 aromatic rings. The van der Waals surface area contributed by atoms with E-state index in [1.54, 1.807) is 18.2 Å². The summed E-state index contributed by atoms with van der Waals surface area (Å²) in [6, 6.07) is 6.48. The Labute approximate surface area is 116 Å². The molecule has 0 aromatic heterocycles. The van der Waals surface area contributed by atoms with Crippen LogP contribution in [0.5, 0.6) is 5.75 Å². The van der Waals surface area contributed by atoms with Crippen LogP contribution < -0.4 is 4.74 Å². The SMILES string of the molecule is CCCCCS(=O)CCOc1ccccc1C(=O)O. The van der Waals surface area contributed by atoms with Crippen molar-refractivity contribution in [2.45, 2.75) is 26.2 Å². The average Bonchev–Trinajstić information content (AvgIpc) is 2.39. The molecule has 1 N–H and O–H groups in total. The monoisotopic (exact) mass is 284 g/mol. The normalized spacial score (nSPS) is 12.1. The van der Waals surface area contributed by atoms with E-state index >= 15 is 0 Å². The molecule has 19 heavy (non-hydrogen) atoms. The van der Waals surface area contributed by atoms with Crippen molar-refractivity contribution in [3.8, 4) is 5.75 Å². The third-order valence-corrected chi connectivity index (χ3v) is 4.03. The molecular formula is C14H20O4S. The molecule has 4 nitrogen and oxygen atoms in total. The molecule has 0 fully saturated rings. The van der Waals surface area contributed by atoms with Gasteiger partial charge >= 0.3 is 5.97 Å². The Morgan fingerprint density at radius 2 is 2.00 bits per heavy atom. The lowest BCUT2D eigenvalue weighted by Gasteiger charge is -2.08. The first-order chi connectivity index (χ1) is 9.15. The summed E-state index contributed by atoms with van der Waals surface area (Å²) in [5, 5.41) is 8.98. The summed E-state index contributed by atoms with van der Waals surface area (Å²) in [5.74, 6) is 0.454. The molecule has 0 aliphatic heterocycles. The molecule has 1 unspecified atom stereocenters. The smallest absolute Gasteiger partial charge is 0.339 e. The van der Waals surface area contributed by atoms with E-state index in [-0.39, 0.29) is 12.2 Å². The van der Waals surface area contributed by atoms with Crippen LogP contribution in [-0.2, 0) is 10.8 Å². The van der Waals surface area contributed by atoms with Crippen LogP contribution in [0.4, 0.5) is 0 Å². The number of aromatic carboxylic acids is 1. The Kier molecular flexibility index (Phi) is 7.18. The Balaban J connectivity index is 2.37. The standard InChI is InChI=1S/C14H20O4S/c1-2-3-6-10-19(17)11-9-18-13-8-5-4-7-12(13)14(15)16/h4-5,7-8H,2-3,6,9-11H2,1H3,(H,15,16). The molecule has 0 bridgehead atoms. The largest absolute Gasteiger partial charge is 0.492 e. The molecule has 0 spiro atoms. The van der Waals surface area contributed by atoms with Gasteiger partial charge in [0.25, 0.3) is 0 Å². The van der Waals surface area contributed by atoms with Gasteiger partial charge in [-0.05, 0) is 18.6 Å². The maximum absolute atomic E-state index is 11.6. The summed E-state index contributed by atoms with van der Waals surface area (Å²) in [4.78, 5) is 11.0. The molecule has 0 aliphatic carbocycles. The second-order valence-corrected chi connectivity index (χ2v) is 5.90. The quantitative estimate of drug-likeness (QED) is 0.708. The van der Waals surface area contributed by atoms with Gasteiger partial charge < -0.3 is 9.84 Å². The summed E-state index contributed by atoms with van der Waals surface area (Å²) in [6.45, 7) is 2.39. The molecule has 1 rings (SSSR count). The molecule has 0 amide bonds. The molecule has 0 heterocycles. The van der Waals surface area contributed by atoms with Crippen molar-refractivity contribution in [3.05, 3.63) is 29.8 Å². The highest BCUT2D eigenvalue weighted by atomic mass is 32.2. The van der Waals surface area contributed by atoms with Gasteiger partial charge in [0.15, 0.2) is 0 Å². The topological polar surface area (TPSA) is 63.6 Å². The second-order valence-electron chi connectivity index (χ2n) is 4.20. The van der Waals surface area contributed by atoms with Crippen LogP contribution in [0.3, 0.4) is 0 Å². The lowest BCUT2D eigenvalue weighted by molar-refractivity contribution is 0.0692. The first-order valence-electron chi connectivity index (χ1n) is 6.45. The minimum absolute atomic E-state index is 0.138. The Bertz CT molecular complexity index is 431. The summed E-state index contributed by atoms with van der Waals surface area (Å²) in [6.07, 6.45) is 3.17. The number of carboxylic acid groups (broad SMARTS) is 1. The van der Waals surface area contributed by atoms with Crippen molar-refractivity contribution in [2.75, 3.05) is 18.1 Å². The minimum atomic E-state index is -1.01. The van der Waals surface area contributed by atoms with Crippen molar-refractivity contribution in [1.29, 1.82) is 0 Å². The van der Waals surface area contributed by atoms with Crippen LogP contribution in [-0.4, -0.2) is 33.4 Å². The number of para-hydroxylation sites is 1. The van der Waals surface area contributed by atoms with Crippen LogP contribution in [0.15, 0.2) is 24.3 Å². The Morgan fingerprint density at radius 1 is 1.26 bits per heavy atom. The predicted molar refractivity (Wildman–Crippen MR) is 76.3 cm³/mol. The van der Waals surface area contributed by atoms with Crippen molar-refractivity contribution in [3.63, 3.8) is 0 Å². The first kappa shape index (κ1) is 15.7. The fraction of sp³-hybridized carbons (Fsp3) is 0.500. The number of unbranched alkanes of at least 4 members (excludes halogenated alkanes) is 2. The van der Waals surface area contributed by atoms with Crippen LogP contribution in [0.1, 0.15) is 36.5 Å². The average molecular weight is 284 g/mol. The van der Waals surface area contributed by atoms with Crippen molar-refractivity contribution < 1.29 is 18.8 Å². The van der Waals surface area contributed by atoms with Crippen LogP contribution in [0.2, 0.25) is 0 Å². The Hall–Kier alpha value is -1.36. The lowest BCUT2D eigenvalue weighted by Crippen LogP contribution is -2.12. The van der Waals surface area contributed by atoms with Crippen molar-refractivity contribution in [1.82, 2.24) is 0 Å². The van der Waals surface area contributed by atoms with E-state index in [0.717, 1.165) is 19.3 Å². The summed E-state index contributed by atoms with van der Waals surface area (Å²) < 4.78 is 17.0. The van der Waals surface area contributed by atoms with Gasteiger partial charge in [-0.1, -0.05) is 31.9 Å². The molecule has 106 valence electrons. The maximum Gasteiger partial charge on any atom is 0.339 e. The molecule has 0 radical (unpaired) electrons. The number of benzene rings is 1. The van der Waals surface area contributed by atoms with E-state index in [0.29, 0.717) is 17.3 Å². The van der Waals surface area contributed by atoms with Gasteiger partial charge in [-0.25, -0.2) is 4.79 Å². The van der Waals surface area contributed by atoms with E-state index in [4.69, 9.17) is 9.84 Å². The van der Waals surface area contributed by atoms with Crippen molar-refractivity contribution in [2.24, 2.45) is 0 Å². The third-order valence-electron chi connectivity index (χ3n) is 2.66. The van der Waals surface area contributed by atoms with Gasteiger partial charge in [0.1, 0.15) is 11.3 Å². The molecule has 0 saturated carbocycles. The van der Waals surface area contributed by atoms with Crippen molar-refractivity contribution >= 4 is 16.8 Å². The molecule has 1 aromatic carbocycles. The number of hydrogen-bond donors (Lipinski definition) is 1. The number of carboxylic acids is 1. The minimum Gasteiger partial charge on any atom is -0.492 e. The van der Waals surface area contributed by atoms with Gasteiger partial charge in [0.2, 0.25) is 0 Å². The number of ether oxygens (including phenoxy) is 1. The highest BCUT2D eigenvalue weighted by Crippen LogP contribution is 2.17. The maximum atomic E-state index is 11.6. The fourth-order valence-electron chi connectivity index (χ4n) is 1.63. The summed E-state index contributed by atoms with van der Waals surface area (Å²) in [5.41, 5.74) is 0.138. The number of carbonyl (C=O) groups is 1. The highest BCUT2D eigenvalue weighted by Gasteiger charge is 2.10. The zero-order valence-corrected chi connectivity index (χ0v) is 11.9. The number of rotatable bonds is 9. The van der Waals surface area contributed by atoms with Crippen LogP contribution in [0.25, 0.3) is 0 Å². The van der Waals surface area contributed by atoms with Gasteiger partial charge in [-0.2, -0.15) is 0 Å². The Morgan fingerprint density at radius 3 is 2.68 bits per heavy atom. The number of hydrogen-bond acceptors (Lipinski definition) is 3. The summed E-state index contributed by atoms with van der Waals surface area (Å²) in [7, 11) is -0.885. The van der Waals surface area contributed by atoms with E-state index in [1.807, 2.05) is 0 Å². The lowest BCUT2D eigenvalue weighted by atomic mass is 10.2. The predicted octanol–water partition coefficient (Wildman–Crippen LogP) is 2.70. The van der Waals surface area contributed by atoms with Gasteiger partial charge in [-0.15, -0.1) is 0 Å². The zero-order chi connectivity index (χ0) is 14.1. The van der Waals surface area contributed by atoms with Gasteiger partial charge in [0, 0.05) is 16.6 Å². The molecule has 0 aliphatic rings. The first-order valence-corrected chi connectivity index (χ1v) is 7.94. The zero-order valence-electron chi connectivity index (χ0n) is 11.1. The van der Waals surface area contributed by atoms with Gasteiger partial charge in [0.05, 0.1) is 12.4 Å². The highest BCUT2D eigenvalue weighted by molar-refractivity contribution is 7.84. The van der Waals surface area contributed by atoms with E-state index in [2.05, 4.69) is 6.92 Å². The molecule has 5 heteroatoms. The van der Waals surface area contributed by atoms with E-state index < -0.39 is 16.8 Å². The summed E-state index contributed by atoms with van der Waals surface area (Å²) >= 11 is 0. The fourth-order valence-corrected chi connectivity index (χ4v) is 2.63. The van der Waals surface area contributed by atoms with Crippen LogP contribution in [0, 0.1) is 0 Å². The molecular weight excluding hydrogens is 264 g/mol. The van der Waals surface area contributed by atoms with E-state index in [9.17, 15) is 9.00 Å². The second kappa shape index (κ2) is 8.69. The van der Waals surface area contributed by atoms with Gasteiger partial charge in [-0.3, -0.25) is 4.21 Å². The molecule has 1 atom stereocenters.